The largest absolute Gasteiger partial charge is 0.360 e. The van der Waals surface area contributed by atoms with Crippen molar-refractivity contribution in [2.45, 2.75) is 84.0 Å². The molecule has 2 N–H and O–H groups in total. The van der Waals surface area contributed by atoms with Gasteiger partial charge in [0.25, 0.3) is 0 Å². The van der Waals surface area contributed by atoms with Crippen LogP contribution in [0.5, 0.6) is 0 Å². The highest BCUT2D eigenvalue weighted by Crippen LogP contribution is 2.23. The number of nitriles is 1. The summed E-state index contributed by atoms with van der Waals surface area (Å²) in [5, 5.41) is 19.4. The molecular formula is C37H44N6OS. The quantitative estimate of drug-likeness (QED) is 0.171. The molecule has 45 heavy (non-hydrogen) atoms. The zero-order chi connectivity index (χ0) is 31.6. The van der Waals surface area contributed by atoms with Gasteiger partial charge in [-0.15, -0.1) is 0 Å². The molecule has 234 valence electrons. The maximum absolute atomic E-state index is 13.6. The zero-order valence-corrected chi connectivity index (χ0v) is 27.2. The van der Waals surface area contributed by atoms with Crippen LogP contribution >= 0.6 is 12.2 Å². The Balaban J connectivity index is 1.32. The molecule has 0 spiro atoms. The van der Waals surface area contributed by atoms with Gasteiger partial charge in [0.15, 0.2) is 5.11 Å². The van der Waals surface area contributed by atoms with Crippen molar-refractivity contribution in [3.8, 4) is 6.07 Å². The van der Waals surface area contributed by atoms with Gasteiger partial charge in [-0.2, -0.15) is 5.26 Å². The van der Waals surface area contributed by atoms with Gasteiger partial charge in [-0.1, -0.05) is 94.1 Å². The molecular weight excluding hydrogens is 577 g/mol. The zero-order valence-electron chi connectivity index (χ0n) is 26.4. The van der Waals surface area contributed by atoms with Crippen LogP contribution in [-0.4, -0.2) is 44.1 Å². The van der Waals surface area contributed by atoms with Crippen molar-refractivity contribution in [2.75, 3.05) is 6.54 Å². The smallest absolute Gasteiger partial charge is 0.226 e. The molecule has 3 aromatic carbocycles. The van der Waals surface area contributed by atoms with Crippen molar-refractivity contribution in [3.05, 3.63) is 102 Å². The minimum absolute atomic E-state index is 0.0295. The summed E-state index contributed by atoms with van der Waals surface area (Å²) in [5.41, 5.74) is 3.75. The predicted octanol–water partition coefficient (Wildman–Crippen LogP) is 6.74. The number of nitrogens with zero attached hydrogens (tertiary/aromatic N) is 4. The van der Waals surface area contributed by atoms with Gasteiger partial charge in [-0.3, -0.25) is 4.79 Å². The molecule has 7 nitrogen and oxygen atoms in total. The Morgan fingerprint density at radius 1 is 1.09 bits per heavy atom. The number of aromatic nitrogens is 2. The molecule has 1 saturated carbocycles. The lowest BCUT2D eigenvalue weighted by Crippen LogP contribution is -2.52. The third kappa shape index (κ3) is 8.70. The van der Waals surface area contributed by atoms with E-state index >= 15 is 0 Å². The highest BCUT2D eigenvalue weighted by atomic mass is 32.1. The first-order valence-corrected chi connectivity index (χ1v) is 16.6. The second kappa shape index (κ2) is 15.7. The average molecular weight is 621 g/mol. The minimum atomic E-state index is -0.0847. The highest BCUT2D eigenvalue weighted by Gasteiger charge is 2.25. The van der Waals surface area contributed by atoms with Gasteiger partial charge in [0.05, 0.1) is 24.4 Å². The summed E-state index contributed by atoms with van der Waals surface area (Å²) in [7, 11) is 0. The monoisotopic (exact) mass is 620 g/mol. The number of amides is 1. The van der Waals surface area contributed by atoms with Crippen molar-refractivity contribution in [1.82, 2.24) is 25.1 Å². The number of carbonyl (C=O) groups excluding carboxylic acids is 1. The van der Waals surface area contributed by atoms with Crippen LogP contribution in [-0.2, 0) is 24.3 Å². The van der Waals surface area contributed by atoms with Crippen LogP contribution in [0.15, 0.2) is 79.3 Å². The van der Waals surface area contributed by atoms with E-state index in [1.807, 2.05) is 28.8 Å². The normalized spacial score (nSPS) is 14.8. The van der Waals surface area contributed by atoms with Gasteiger partial charge in [0, 0.05) is 43.6 Å². The maximum atomic E-state index is 13.6. The fourth-order valence-electron chi connectivity index (χ4n) is 6.20. The van der Waals surface area contributed by atoms with Gasteiger partial charge in [-0.05, 0) is 65.0 Å². The molecule has 1 aliphatic carbocycles. The topological polar surface area (TPSA) is 86.0 Å². The van der Waals surface area contributed by atoms with Crippen LogP contribution < -0.4 is 10.6 Å². The molecule has 1 fully saturated rings. The van der Waals surface area contributed by atoms with Crippen molar-refractivity contribution in [3.63, 3.8) is 0 Å². The van der Waals surface area contributed by atoms with E-state index < -0.39 is 0 Å². The Morgan fingerprint density at radius 3 is 2.60 bits per heavy atom. The number of imidazole rings is 1. The first-order valence-electron chi connectivity index (χ1n) is 16.2. The van der Waals surface area contributed by atoms with Crippen LogP contribution in [0.25, 0.3) is 10.8 Å². The van der Waals surface area contributed by atoms with Crippen LogP contribution in [0.3, 0.4) is 0 Å². The predicted molar refractivity (Wildman–Crippen MR) is 185 cm³/mol. The number of carbonyl (C=O) groups is 1. The summed E-state index contributed by atoms with van der Waals surface area (Å²) >= 11 is 6.09. The van der Waals surface area contributed by atoms with Crippen LogP contribution in [0.1, 0.15) is 74.8 Å². The van der Waals surface area contributed by atoms with E-state index in [0.717, 1.165) is 35.6 Å². The Bertz CT molecular complexity index is 1610. The van der Waals surface area contributed by atoms with Crippen LogP contribution in [0, 0.1) is 17.2 Å². The third-order valence-corrected chi connectivity index (χ3v) is 9.51. The Labute approximate surface area is 272 Å². The number of hydrogen-bond donors (Lipinski definition) is 2. The summed E-state index contributed by atoms with van der Waals surface area (Å²) < 4.78 is 2.00. The molecule has 1 heterocycles. The first kappa shape index (κ1) is 32.2. The average Bonchev–Trinajstić information content (AvgIpc) is 3.50. The molecule has 1 aliphatic rings. The SMILES string of the molecule is CC[C@H](C)[C@@H](CN(Cc1cccc2ccccc12)C(=S)NC1CCCCC1)NC(=O)Cc1cncn1Cc1ccc(C#N)cc1. The summed E-state index contributed by atoms with van der Waals surface area (Å²) in [4.78, 5) is 20.2. The molecule has 0 unspecified atom stereocenters. The molecule has 8 heteroatoms. The van der Waals surface area contributed by atoms with Crippen molar-refractivity contribution >= 4 is 34.0 Å². The van der Waals surface area contributed by atoms with Crippen molar-refractivity contribution < 1.29 is 4.79 Å². The molecule has 0 radical (unpaired) electrons. The van der Waals surface area contributed by atoms with E-state index in [0.29, 0.717) is 31.2 Å². The lowest BCUT2D eigenvalue weighted by atomic mass is 9.95. The van der Waals surface area contributed by atoms with Crippen LogP contribution in [0.2, 0.25) is 0 Å². The summed E-state index contributed by atoms with van der Waals surface area (Å²) in [6, 6.07) is 24.9. The number of nitrogens with one attached hydrogen (secondary N) is 2. The Kier molecular flexibility index (Phi) is 11.2. The fourth-order valence-corrected chi connectivity index (χ4v) is 6.51. The number of rotatable bonds is 12. The molecule has 1 aromatic heterocycles. The number of thiocarbonyl (C=S) groups is 1. The molecule has 1 amide bonds. The van der Waals surface area contributed by atoms with Gasteiger partial charge in [0.1, 0.15) is 0 Å². The van der Waals surface area contributed by atoms with E-state index in [1.165, 1.54) is 35.6 Å². The highest BCUT2D eigenvalue weighted by molar-refractivity contribution is 7.80. The second-order valence-electron chi connectivity index (χ2n) is 12.4. The van der Waals surface area contributed by atoms with Gasteiger partial charge in [0.2, 0.25) is 5.91 Å². The minimum Gasteiger partial charge on any atom is -0.360 e. The van der Waals surface area contributed by atoms with E-state index in [1.54, 1.807) is 12.5 Å². The molecule has 5 rings (SSSR count). The molecule has 0 saturated heterocycles. The van der Waals surface area contributed by atoms with Gasteiger partial charge in [-0.25, -0.2) is 4.98 Å². The van der Waals surface area contributed by atoms with Gasteiger partial charge < -0.3 is 20.1 Å². The molecule has 4 aromatic rings. The fraction of sp³-hybridized carbons (Fsp3) is 0.405. The lowest BCUT2D eigenvalue weighted by molar-refractivity contribution is -0.121. The van der Waals surface area contributed by atoms with E-state index in [9.17, 15) is 4.79 Å². The molecule has 0 bridgehead atoms. The Hall–Kier alpha value is -4.22. The maximum Gasteiger partial charge on any atom is 0.226 e. The Morgan fingerprint density at radius 2 is 1.84 bits per heavy atom. The third-order valence-electron chi connectivity index (χ3n) is 9.13. The van der Waals surface area contributed by atoms with E-state index in [4.69, 9.17) is 17.5 Å². The van der Waals surface area contributed by atoms with E-state index in [2.05, 4.69) is 82.9 Å². The number of hydrogen-bond acceptors (Lipinski definition) is 4. The first-order chi connectivity index (χ1) is 21.9. The number of fused-ring (bicyclic) bond motifs is 1. The van der Waals surface area contributed by atoms with Crippen molar-refractivity contribution in [2.24, 2.45) is 5.92 Å². The van der Waals surface area contributed by atoms with E-state index in [-0.39, 0.29) is 24.3 Å². The van der Waals surface area contributed by atoms with Gasteiger partial charge >= 0.3 is 0 Å². The number of benzene rings is 3. The molecule has 0 aliphatic heterocycles. The standard InChI is InChI=1S/C37H44N6OS/c1-3-27(2)35(41-36(44)20-33-22-39-26-43(33)23-29-18-16-28(21-38)17-19-29)25-42(37(45)40-32-13-5-4-6-14-32)24-31-12-9-11-30-10-7-8-15-34(30)31/h7-12,15-19,22,26-27,32,35H,3-6,13-14,20,23-25H2,1-2H3,(H,40,45)(H,41,44)/t27-,35+/m0/s1. The second-order valence-corrected chi connectivity index (χ2v) is 12.7. The lowest BCUT2D eigenvalue weighted by Gasteiger charge is -2.35. The summed E-state index contributed by atoms with van der Waals surface area (Å²) in [5.74, 6) is 0.225. The van der Waals surface area contributed by atoms with Crippen molar-refractivity contribution in [1.29, 1.82) is 5.26 Å². The summed E-state index contributed by atoms with van der Waals surface area (Å²) in [6.45, 7) is 6.24. The summed E-state index contributed by atoms with van der Waals surface area (Å²) in [6.07, 6.45) is 10.7. The van der Waals surface area contributed by atoms with Crippen LogP contribution in [0.4, 0.5) is 0 Å². The molecule has 2 atom stereocenters.